The van der Waals surface area contributed by atoms with Crippen LogP contribution in [0.1, 0.15) is 55.7 Å². The Hall–Kier alpha value is -4.54. The van der Waals surface area contributed by atoms with E-state index in [1.807, 2.05) is 24.3 Å². The Kier molecular flexibility index (Phi) is 9.04. The third-order valence-electron chi connectivity index (χ3n) is 10.8. The zero-order valence-corrected chi connectivity index (χ0v) is 29.3. The van der Waals surface area contributed by atoms with Crippen LogP contribution in [0.15, 0.2) is 67.1 Å². The fourth-order valence-corrected chi connectivity index (χ4v) is 9.24. The molecule has 7 rings (SSSR count). The number of likely N-dealkylation sites (N-methyl/N-ethyl adjacent to an activating group) is 1. The van der Waals surface area contributed by atoms with Gasteiger partial charge in [-0.05, 0) is 76.4 Å². The van der Waals surface area contributed by atoms with Gasteiger partial charge in [0.1, 0.15) is 29.4 Å². The summed E-state index contributed by atoms with van der Waals surface area (Å²) in [5.41, 5.74) is 0.0914. The third-order valence-corrected chi connectivity index (χ3v) is 12.6. The molecule has 3 fully saturated rings. The number of sulfonamides is 1. The lowest BCUT2D eigenvalue weighted by Crippen LogP contribution is -2.63. The largest absolute Gasteiger partial charge is 0.519 e. The average Bonchev–Trinajstić information content (AvgIpc) is 3.47. The maximum Gasteiger partial charge on any atom is 0.519 e. The lowest BCUT2D eigenvalue weighted by atomic mass is 10.00. The van der Waals surface area contributed by atoms with Crippen molar-refractivity contribution in [2.24, 2.45) is 5.92 Å². The van der Waals surface area contributed by atoms with Crippen LogP contribution in [0.3, 0.4) is 0 Å². The van der Waals surface area contributed by atoms with E-state index in [2.05, 4.69) is 10.6 Å². The molecule has 0 bridgehead atoms. The number of aryl methyl sites for hydroxylation is 1. The summed E-state index contributed by atoms with van der Waals surface area (Å²) in [6.45, 7) is 3.27. The zero-order valence-electron chi connectivity index (χ0n) is 28.5. The Morgan fingerprint density at radius 1 is 1.04 bits per heavy atom. The van der Waals surface area contributed by atoms with Gasteiger partial charge in [-0.1, -0.05) is 18.2 Å². The first-order chi connectivity index (χ1) is 24.3. The average molecular weight is 726 g/mol. The Bertz CT molecular complexity index is 2020. The molecule has 2 saturated heterocycles. The number of nitrogens with zero attached hydrogens (tertiary/aromatic N) is 3. The molecule has 1 spiro atoms. The number of rotatable bonds is 9. The van der Waals surface area contributed by atoms with Gasteiger partial charge in [0.15, 0.2) is 5.76 Å². The predicted molar refractivity (Wildman–Crippen MR) is 178 cm³/mol. The molecule has 16 heteroatoms. The van der Waals surface area contributed by atoms with Crippen molar-refractivity contribution in [1.29, 1.82) is 0 Å². The normalized spacial score (nSPS) is 26.6. The summed E-state index contributed by atoms with van der Waals surface area (Å²) in [4.78, 5) is 57.1. The first-order valence-corrected chi connectivity index (χ1v) is 18.4. The van der Waals surface area contributed by atoms with E-state index in [-0.39, 0.29) is 47.4 Å². The number of para-hydroxylation sites is 1. The number of fused-ring (bicyclic) bond motifs is 1. The molecule has 4 aliphatic rings. The van der Waals surface area contributed by atoms with Gasteiger partial charge >= 0.3 is 5.82 Å². The predicted octanol–water partition coefficient (Wildman–Crippen LogP) is 2.08. The van der Waals surface area contributed by atoms with Crippen molar-refractivity contribution in [3.8, 4) is 5.75 Å². The van der Waals surface area contributed by atoms with Crippen LogP contribution in [0.2, 0.25) is 0 Å². The van der Waals surface area contributed by atoms with E-state index >= 15 is 0 Å². The van der Waals surface area contributed by atoms with Gasteiger partial charge in [0.05, 0.1) is 30.1 Å². The fourth-order valence-electron chi connectivity index (χ4n) is 7.74. The van der Waals surface area contributed by atoms with E-state index in [1.54, 1.807) is 30.7 Å². The summed E-state index contributed by atoms with van der Waals surface area (Å²) in [5.74, 6) is -1.97. The summed E-state index contributed by atoms with van der Waals surface area (Å²) in [6.07, 6.45) is 1.91. The quantitative estimate of drug-likeness (QED) is 0.333. The van der Waals surface area contributed by atoms with Crippen LogP contribution in [-0.4, -0.2) is 90.7 Å². The molecule has 1 saturated carbocycles. The molecule has 3 aromatic rings. The highest BCUT2D eigenvalue weighted by atomic mass is 32.2. The summed E-state index contributed by atoms with van der Waals surface area (Å²) in [6, 6.07) is 8.57. The summed E-state index contributed by atoms with van der Waals surface area (Å²) < 4.78 is 58.7. The molecule has 4 heterocycles. The van der Waals surface area contributed by atoms with Crippen LogP contribution in [0.4, 0.5) is 4.39 Å². The minimum absolute atomic E-state index is 0.0460. The van der Waals surface area contributed by atoms with Crippen molar-refractivity contribution in [3.63, 3.8) is 0 Å². The minimum atomic E-state index is -4.22. The van der Waals surface area contributed by atoms with Crippen LogP contribution in [0.5, 0.6) is 5.75 Å². The lowest BCUT2D eigenvalue weighted by molar-refractivity contribution is -0.146. The van der Waals surface area contributed by atoms with Crippen LogP contribution in [0.25, 0.3) is 0 Å². The van der Waals surface area contributed by atoms with Gasteiger partial charge in [-0.25, -0.2) is 17.6 Å². The van der Waals surface area contributed by atoms with E-state index in [0.29, 0.717) is 38.0 Å². The van der Waals surface area contributed by atoms with Crippen LogP contribution in [0, 0.1) is 18.7 Å². The molecule has 2 N–H and O–H groups in total. The number of ether oxygens (including phenoxy) is 1. The number of benzene rings is 2. The zero-order chi connectivity index (χ0) is 36.2. The van der Waals surface area contributed by atoms with Gasteiger partial charge in [-0.2, -0.15) is 4.31 Å². The first-order valence-electron chi connectivity index (χ1n) is 17.0. The van der Waals surface area contributed by atoms with Gasteiger partial charge in [0, 0.05) is 30.6 Å². The molecule has 3 amide bonds. The number of hydrogen-bond donors (Lipinski definition) is 2. The van der Waals surface area contributed by atoms with Crippen LogP contribution in [-0.2, 0) is 31.0 Å². The molecule has 272 valence electrons. The Labute approximate surface area is 293 Å². The number of halogens is 1. The monoisotopic (exact) mass is 725 g/mol. The molecule has 1 aromatic heterocycles. The highest BCUT2D eigenvalue weighted by Gasteiger charge is 2.67. The fraction of sp³-hybridized carbons (Fsp3) is 0.486. The Balaban J connectivity index is 1.17. The minimum Gasteiger partial charge on any atom is -0.493 e. The van der Waals surface area contributed by atoms with E-state index < -0.39 is 63.7 Å². The van der Waals surface area contributed by atoms with Gasteiger partial charge in [-0.3, -0.25) is 19.3 Å². The molecule has 3 aliphatic heterocycles. The summed E-state index contributed by atoms with van der Waals surface area (Å²) in [7, 11) is -2.59. The van der Waals surface area contributed by atoms with Crippen molar-refractivity contribution in [2.45, 2.75) is 80.7 Å². The second-order valence-corrected chi connectivity index (χ2v) is 15.8. The van der Waals surface area contributed by atoms with Gasteiger partial charge < -0.3 is 29.1 Å². The van der Waals surface area contributed by atoms with Gasteiger partial charge in [0.25, 0.3) is 0 Å². The van der Waals surface area contributed by atoms with Gasteiger partial charge in [0.2, 0.25) is 27.7 Å². The van der Waals surface area contributed by atoms with Crippen molar-refractivity contribution in [1.82, 2.24) is 24.7 Å². The van der Waals surface area contributed by atoms with Crippen LogP contribution >= 0.6 is 0 Å². The van der Waals surface area contributed by atoms with Crippen molar-refractivity contribution < 1.29 is 40.8 Å². The number of carbonyl (C=O) groups excluding carboxylic acids is 3. The molecule has 2 aromatic carbocycles. The summed E-state index contributed by atoms with van der Waals surface area (Å²) in [5, 5.41) is 5.92. The topological polar surface area (TPSA) is 172 Å². The smallest absolute Gasteiger partial charge is 0.493 e. The van der Waals surface area contributed by atoms with E-state index in [1.165, 1.54) is 16.4 Å². The first kappa shape index (κ1) is 34.9. The highest BCUT2D eigenvalue weighted by Crippen LogP contribution is 2.58. The standard InChI is InChI=1S/C35H40FN5O9S/c1-20(39(3)19-30-21(2)49-34(45)50-30)31(42)38-27-18-40(51(46,47)24-10-8-23(36)9-11-24)17-22-16-35(22)14-12-28(41(35)33(27)44)32(43)37-26-13-15-48-29-7-5-4-6-25(26)29/h4-11,20,22,26-28H,12-19H2,1-3H3,(H,37,43)(H,38,42)/t20-,22?,26+,27-,28-,35?/m0/s1. The number of nitrogens with one attached hydrogen (secondary N) is 2. The second kappa shape index (κ2) is 13.2. The molecular weight excluding hydrogens is 685 g/mol. The number of carbonyl (C=O) groups is 3. The Morgan fingerprint density at radius 3 is 2.51 bits per heavy atom. The van der Waals surface area contributed by atoms with Crippen molar-refractivity contribution >= 4 is 27.7 Å². The Morgan fingerprint density at radius 2 is 1.78 bits per heavy atom. The SMILES string of the molecule is Cc1oc(=O)oc1CN(C)[C@@H](C)C(=O)N[C@H]1CN(S(=O)(=O)c2ccc(F)cc2)CC2CC23CC[C@@H](C(=O)N[C@@H]2CCOc4ccccc42)N3C1=O. The second-order valence-electron chi connectivity index (χ2n) is 13.9. The maximum atomic E-state index is 14.7. The molecule has 1 aliphatic carbocycles. The molecule has 0 radical (unpaired) electrons. The van der Waals surface area contributed by atoms with Crippen molar-refractivity contribution in [3.05, 3.63) is 82.0 Å². The molecule has 51 heavy (non-hydrogen) atoms. The maximum absolute atomic E-state index is 14.7. The van der Waals surface area contributed by atoms with E-state index in [0.717, 1.165) is 17.7 Å². The third kappa shape index (κ3) is 6.44. The number of hydrogen-bond acceptors (Lipinski definition) is 10. The number of amides is 3. The molecular formula is C35H40FN5O9S. The van der Waals surface area contributed by atoms with Crippen molar-refractivity contribution in [2.75, 3.05) is 26.7 Å². The van der Waals surface area contributed by atoms with Gasteiger partial charge in [-0.15, -0.1) is 0 Å². The van der Waals surface area contributed by atoms with E-state index in [4.69, 9.17) is 13.6 Å². The molecule has 2 unspecified atom stereocenters. The lowest BCUT2D eigenvalue weighted by Gasteiger charge is -2.39. The molecule has 6 atom stereocenters. The van der Waals surface area contributed by atoms with Crippen LogP contribution < -0.4 is 21.2 Å². The highest BCUT2D eigenvalue weighted by molar-refractivity contribution is 7.89. The van der Waals surface area contributed by atoms with E-state index in [9.17, 15) is 32.0 Å². The summed E-state index contributed by atoms with van der Waals surface area (Å²) >= 11 is 0. The molecule has 14 nitrogen and oxygen atoms in total.